The van der Waals surface area contributed by atoms with Crippen molar-refractivity contribution in [3.05, 3.63) is 53.0 Å². The van der Waals surface area contributed by atoms with Gasteiger partial charge in [-0.2, -0.15) is 0 Å². The molecule has 3 heterocycles. The molecule has 0 aliphatic carbocycles. The summed E-state index contributed by atoms with van der Waals surface area (Å²) < 4.78 is 0. The molecule has 0 spiro atoms. The number of likely N-dealkylation sites (tertiary alicyclic amines) is 1. The van der Waals surface area contributed by atoms with Gasteiger partial charge in [0, 0.05) is 50.2 Å². The lowest BCUT2D eigenvalue weighted by molar-refractivity contribution is -0.133. The van der Waals surface area contributed by atoms with Gasteiger partial charge in [0.2, 0.25) is 17.7 Å². The molecule has 0 bridgehead atoms. The third kappa shape index (κ3) is 5.38. The van der Waals surface area contributed by atoms with Crippen LogP contribution in [0.3, 0.4) is 0 Å². The smallest absolute Gasteiger partial charge is 0.241 e. The summed E-state index contributed by atoms with van der Waals surface area (Å²) in [7, 11) is 0. The number of aryl methyl sites for hydroxylation is 1. The van der Waals surface area contributed by atoms with Crippen molar-refractivity contribution >= 4 is 23.5 Å². The quantitative estimate of drug-likeness (QED) is 0.729. The Bertz CT molecular complexity index is 1030. The van der Waals surface area contributed by atoms with Crippen LogP contribution in [0.1, 0.15) is 54.7 Å². The van der Waals surface area contributed by atoms with Gasteiger partial charge in [0.25, 0.3) is 0 Å². The summed E-state index contributed by atoms with van der Waals surface area (Å²) in [6.07, 6.45) is 3.47. The number of amides is 3. The number of hydrogen-bond acceptors (Lipinski definition) is 5. The van der Waals surface area contributed by atoms with E-state index in [1.807, 2.05) is 30.0 Å². The molecular formula is C25H31N5O3. The first-order valence-electron chi connectivity index (χ1n) is 11.7. The highest BCUT2D eigenvalue weighted by molar-refractivity contribution is 5.95. The first-order chi connectivity index (χ1) is 15.9. The molecule has 8 nitrogen and oxygen atoms in total. The van der Waals surface area contributed by atoms with E-state index in [1.165, 1.54) is 12.5 Å². The van der Waals surface area contributed by atoms with E-state index in [9.17, 15) is 14.4 Å². The van der Waals surface area contributed by atoms with E-state index in [0.29, 0.717) is 32.5 Å². The predicted octanol–water partition coefficient (Wildman–Crippen LogP) is 2.15. The zero-order valence-electron chi connectivity index (χ0n) is 19.3. The predicted molar refractivity (Wildman–Crippen MR) is 125 cm³/mol. The SMILES string of the molecule is CC(=O)NCC(=O)N1CCC(c2nc(C)c3c(n2)N(CCc2ccccc2)C(=O)CC3)CC1. The molecule has 2 aliphatic heterocycles. The van der Waals surface area contributed by atoms with Gasteiger partial charge in [0.15, 0.2) is 0 Å². The zero-order chi connectivity index (χ0) is 23.4. The molecule has 4 rings (SSSR count). The fourth-order valence-electron chi connectivity index (χ4n) is 4.60. The Morgan fingerprint density at radius 1 is 1.09 bits per heavy atom. The standard InChI is InChI=1S/C25H31N5O3/c1-17-21-8-9-22(32)30(15-10-19-6-4-3-5-7-19)25(21)28-24(27-17)20-11-13-29(14-12-20)23(33)16-26-18(2)31/h3-7,20H,8-16H2,1-2H3,(H,26,31). The first kappa shape index (κ1) is 22.9. The third-order valence-electron chi connectivity index (χ3n) is 6.52. The van der Waals surface area contributed by atoms with Gasteiger partial charge in [0.1, 0.15) is 11.6 Å². The van der Waals surface area contributed by atoms with Gasteiger partial charge in [-0.3, -0.25) is 19.3 Å². The normalized spacial score (nSPS) is 16.5. The highest BCUT2D eigenvalue weighted by atomic mass is 16.2. The minimum Gasteiger partial charge on any atom is -0.347 e. The topological polar surface area (TPSA) is 95.5 Å². The number of anilines is 1. The molecule has 1 N–H and O–H groups in total. The maximum atomic E-state index is 12.8. The van der Waals surface area contributed by atoms with Crippen LogP contribution in [0.5, 0.6) is 0 Å². The number of nitrogens with zero attached hydrogens (tertiary/aromatic N) is 4. The molecule has 1 aromatic heterocycles. The molecule has 2 aromatic rings. The molecule has 2 aliphatic rings. The van der Waals surface area contributed by atoms with Crippen LogP contribution in [-0.4, -0.2) is 58.8 Å². The molecule has 0 atom stereocenters. The summed E-state index contributed by atoms with van der Waals surface area (Å²) in [5.74, 6) is 1.51. The summed E-state index contributed by atoms with van der Waals surface area (Å²) in [6, 6.07) is 10.2. The molecular weight excluding hydrogens is 418 g/mol. The molecule has 0 radical (unpaired) electrons. The van der Waals surface area contributed by atoms with Crippen LogP contribution in [0.25, 0.3) is 0 Å². The van der Waals surface area contributed by atoms with E-state index in [-0.39, 0.29) is 30.2 Å². The van der Waals surface area contributed by atoms with Gasteiger partial charge in [-0.25, -0.2) is 9.97 Å². The van der Waals surface area contributed by atoms with Crippen molar-refractivity contribution in [2.24, 2.45) is 0 Å². The van der Waals surface area contributed by atoms with Crippen LogP contribution in [0.2, 0.25) is 0 Å². The van der Waals surface area contributed by atoms with Crippen molar-refractivity contribution in [1.29, 1.82) is 0 Å². The number of piperidine rings is 1. The number of aromatic nitrogens is 2. The average molecular weight is 450 g/mol. The van der Waals surface area contributed by atoms with Crippen molar-refractivity contribution in [2.45, 2.75) is 51.9 Å². The number of carbonyl (C=O) groups is 3. The fraction of sp³-hybridized carbons (Fsp3) is 0.480. The van der Waals surface area contributed by atoms with E-state index in [0.717, 1.165) is 42.2 Å². The lowest BCUT2D eigenvalue weighted by Crippen LogP contribution is -2.43. The summed E-state index contributed by atoms with van der Waals surface area (Å²) in [5, 5.41) is 2.57. The second-order valence-electron chi connectivity index (χ2n) is 8.82. The molecule has 1 fully saturated rings. The highest BCUT2D eigenvalue weighted by Crippen LogP contribution is 2.32. The Morgan fingerprint density at radius 2 is 1.82 bits per heavy atom. The molecule has 1 saturated heterocycles. The molecule has 1 aromatic carbocycles. The van der Waals surface area contributed by atoms with E-state index < -0.39 is 0 Å². The first-order valence-corrected chi connectivity index (χ1v) is 11.7. The van der Waals surface area contributed by atoms with Crippen LogP contribution in [0.15, 0.2) is 30.3 Å². The van der Waals surface area contributed by atoms with E-state index in [1.54, 1.807) is 4.90 Å². The van der Waals surface area contributed by atoms with Crippen molar-refractivity contribution in [2.75, 3.05) is 31.1 Å². The van der Waals surface area contributed by atoms with Crippen LogP contribution in [-0.2, 0) is 27.2 Å². The molecule has 174 valence electrons. The molecule has 3 amide bonds. The number of fused-ring (bicyclic) bond motifs is 1. The third-order valence-corrected chi connectivity index (χ3v) is 6.52. The minimum atomic E-state index is -0.206. The maximum absolute atomic E-state index is 12.8. The monoisotopic (exact) mass is 449 g/mol. The van der Waals surface area contributed by atoms with E-state index in [4.69, 9.17) is 9.97 Å². The number of benzene rings is 1. The summed E-state index contributed by atoms with van der Waals surface area (Å²) in [5.41, 5.74) is 3.20. The van der Waals surface area contributed by atoms with Gasteiger partial charge in [0.05, 0.1) is 6.54 Å². The number of carbonyl (C=O) groups excluding carboxylic acids is 3. The number of nitrogens with one attached hydrogen (secondary N) is 1. The average Bonchev–Trinajstić information content (AvgIpc) is 2.82. The molecule has 0 unspecified atom stereocenters. The lowest BCUT2D eigenvalue weighted by Gasteiger charge is -2.33. The van der Waals surface area contributed by atoms with E-state index >= 15 is 0 Å². The van der Waals surface area contributed by atoms with Gasteiger partial charge < -0.3 is 10.2 Å². The second-order valence-corrected chi connectivity index (χ2v) is 8.82. The van der Waals surface area contributed by atoms with Crippen molar-refractivity contribution in [1.82, 2.24) is 20.2 Å². The van der Waals surface area contributed by atoms with Gasteiger partial charge in [-0.1, -0.05) is 30.3 Å². The Morgan fingerprint density at radius 3 is 2.52 bits per heavy atom. The van der Waals surface area contributed by atoms with Crippen molar-refractivity contribution in [3.8, 4) is 0 Å². The highest BCUT2D eigenvalue weighted by Gasteiger charge is 2.31. The van der Waals surface area contributed by atoms with E-state index in [2.05, 4.69) is 17.4 Å². The van der Waals surface area contributed by atoms with Crippen molar-refractivity contribution < 1.29 is 14.4 Å². The molecule has 0 saturated carbocycles. The Hall–Kier alpha value is -3.29. The Kier molecular flexibility index (Phi) is 7.01. The summed E-state index contributed by atoms with van der Waals surface area (Å²) in [4.78, 5) is 49.5. The van der Waals surface area contributed by atoms with Gasteiger partial charge >= 0.3 is 0 Å². The van der Waals surface area contributed by atoms with Crippen LogP contribution in [0, 0.1) is 6.92 Å². The largest absolute Gasteiger partial charge is 0.347 e. The van der Waals surface area contributed by atoms with Crippen molar-refractivity contribution in [3.63, 3.8) is 0 Å². The Balaban J connectivity index is 1.47. The number of hydrogen-bond donors (Lipinski definition) is 1. The Labute approximate surface area is 194 Å². The van der Waals surface area contributed by atoms with Gasteiger partial charge in [-0.15, -0.1) is 0 Å². The second kappa shape index (κ2) is 10.1. The lowest BCUT2D eigenvalue weighted by atomic mass is 9.94. The van der Waals surface area contributed by atoms with Gasteiger partial charge in [-0.05, 0) is 38.2 Å². The zero-order valence-corrected chi connectivity index (χ0v) is 19.3. The number of rotatable bonds is 6. The minimum absolute atomic E-state index is 0.0347. The maximum Gasteiger partial charge on any atom is 0.241 e. The fourth-order valence-corrected chi connectivity index (χ4v) is 4.60. The molecule has 8 heteroatoms. The van der Waals surface area contributed by atoms with Crippen LogP contribution in [0.4, 0.5) is 5.82 Å². The summed E-state index contributed by atoms with van der Waals surface area (Å²) >= 11 is 0. The van der Waals surface area contributed by atoms with Crippen LogP contribution < -0.4 is 10.2 Å². The van der Waals surface area contributed by atoms with Crippen LogP contribution >= 0.6 is 0 Å². The molecule has 33 heavy (non-hydrogen) atoms. The summed E-state index contributed by atoms with van der Waals surface area (Å²) in [6.45, 7) is 5.26.